The van der Waals surface area contributed by atoms with Gasteiger partial charge in [-0.1, -0.05) is 12.0 Å². The van der Waals surface area contributed by atoms with Gasteiger partial charge in [0.1, 0.15) is 59.3 Å². The van der Waals surface area contributed by atoms with Crippen molar-refractivity contribution in [3.63, 3.8) is 0 Å². The lowest BCUT2D eigenvalue weighted by molar-refractivity contribution is -0.934. The molecule has 216 valence electrons. The zero-order valence-electron chi connectivity index (χ0n) is 23.2. The first-order valence-corrected chi connectivity index (χ1v) is 14.0. The second-order valence-electron chi connectivity index (χ2n) is 11.9. The Morgan fingerprint density at radius 1 is 1.24 bits per heavy atom. The molecule has 4 atom stereocenters. The van der Waals surface area contributed by atoms with E-state index in [4.69, 9.17) is 15.9 Å². The van der Waals surface area contributed by atoms with E-state index in [0.29, 0.717) is 28.7 Å². The number of likely N-dealkylation sites (N-methyl/N-ethyl adjacent to an activating group) is 1. The first-order valence-electron chi connectivity index (χ1n) is 14.0. The van der Waals surface area contributed by atoms with Gasteiger partial charge in [0.15, 0.2) is 12.0 Å². The Morgan fingerprint density at radius 3 is 2.88 bits per heavy atom. The molecule has 3 aliphatic heterocycles. The number of halogens is 3. The monoisotopic (exact) mass is 576 g/mol. The van der Waals surface area contributed by atoms with E-state index in [1.807, 2.05) is 6.92 Å². The van der Waals surface area contributed by atoms with Gasteiger partial charge in [-0.05, 0) is 30.5 Å². The number of fused-ring (bicyclic) bond motifs is 2. The minimum atomic E-state index is -0.913. The molecular weight excluding hydrogens is 547 g/mol. The Hall–Kier alpha value is -4.30. The van der Waals surface area contributed by atoms with Gasteiger partial charge in [0.2, 0.25) is 5.88 Å². The maximum Gasteiger partial charge on any atom is 0.319 e. The largest absolute Gasteiger partial charge is 0.508 e. The molecule has 0 aliphatic carbocycles. The number of nitrogens with zero attached hydrogens (tertiary/aromatic N) is 4. The molecule has 2 aromatic carbocycles. The molecule has 2 N–H and O–H groups in total. The highest BCUT2D eigenvalue weighted by Crippen LogP contribution is 2.46. The van der Waals surface area contributed by atoms with E-state index in [2.05, 4.69) is 33.2 Å². The standard InChI is InChI=1S/C31H28F3N5O3/c1-4-20-22(33)7-6-17-10-19(40)11-21(23(17)20)26-25(34)27-24-28(35-16(2)14-41-29(24)36-26)38-30(37-27)42-15-31-8-5-9-39(31,3)13-18(32)12-31/h1,6-7,10-11,16,18H,5,8-9,12-15H2,2-3H3,(H-,35,36,37,38,40)/p+1/t16-,18+,31-,39?/m0/s1. The molecule has 5 heterocycles. The summed E-state index contributed by atoms with van der Waals surface area (Å²) in [6.07, 6.45) is 6.91. The van der Waals surface area contributed by atoms with Crippen LogP contribution in [0.5, 0.6) is 17.6 Å². The van der Waals surface area contributed by atoms with Crippen LogP contribution < -0.4 is 14.8 Å². The number of anilines is 1. The molecule has 2 aromatic heterocycles. The number of benzene rings is 2. The minimum Gasteiger partial charge on any atom is -0.508 e. The molecule has 0 amide bonds. The maximum atomic E-state index is 16.6. The molecule has 7 rings (SSSR count). The summed E-state index contributed by atoms with van der Waals surface area (Å²) < 4.78 is 58.6. The summed E-state index contributed by atoms with van der Waals surface area (Å²) in [4.78, 5) is 13.5. The van der Waals surface area contributed by atoms with Crippen LogP contribution in [-0.4, -0.2) is 75.6 Å². The number of pyridine rings is 1. The van der Waals surface area contributed by atoms with Crippen LogP contribution in [-0.2, 0) is 0 Å². The first kappa shape index (κ1) is 26.6. The van der Waals surface area contributed by atoms with E-state index < -0.39 is 23.3 Å². The Balaban J connectivity index is 1.41. The van der Waals surface area contributed by atoms with Crippen molar-refractivity contribution in [3.05, 3.63) is 41.5 Å². The summed E-state index contributed by atoms with van der Waals surface area (Å²) in [6, 6.07) is 5.08. The van der Waals surface area contributed by atoms with Gasteiger partial charge < -0.3 is 24.4 Å². The van der Waals surface area contributed by atoms with Gasteiger partial charge in [-0.2, -0.15) is 9.97 Å². The predicted octanol–water partition coefficient (Wildman–Crippen LogP) is 5.10. The topological polar surface area (TPSA) is 89.4 Å². The fourth-order valence-corrected chi connectivity index (χ4v) is 7.08. The number of alkyl halides is 1. The molecule has 0 saturated carbocycles. The van der Waals surface area contributed by atoms with Gasteiger partial charge in [0, 0.05) is 30.2 Å². The van der Waals surface area contributed by atoms with Gasteiger partial charge in [-0.3, -0.25) is 0 Å². The summed E-state index contributed by atoms with van der Waals surface area (Å²) in [6.45, 7) is 3.57. The van der Waals surface area contributed by atoms with Crippen molar-refractivity contribution in [2.45, 2.75) is 43.9 Å². The van der Waals surface area contributed by atoms with E-state index in [0.717, 1.165) is 19.4 Å². The molecule has 2 fully saturated rings. The molecule has 2 saturated heterocycles. The lowest BCUT2D eigenvalue weighted by atomic mass is 9.94. The van der Waals surface area contributed by atoms with Crippen LogP contribution in [0.25, 0.3) is 32.9 Å². The van der Waals surface area contributed by atoms with Crippen molar-refractivity contribution in [2.24, 2.45) is 0 Å². The number of ether oxygens (including phenoxy) is 2. The Morgan fingerprint density at radius 2 is 2.07 bits per heavy atom. The number of quaternary nitrogens is 1. The lowest BCUT2D eigenvalue weighted by Crippen LogP contribution is -2.56. The average Bonchev–Trinajstić information content (AvgIpc) is 3.31. The van der Waals surface area contributed by atoms with E-state index in [1.165, 1.54) is 24.3 Å². The smallest absolute Gasteiger partial charge is 0.319 e. The second kappa shape index (κ2) is 9.36. The van der Waals surface area contributed by atoms with Crippen LogP contribution in [0.4, 0.5) is 19.0 Å². The van der Waals surface area contributed by atoms with Crippen molar-refractivity contribution >= 4 is 27.5 Å². The normalized spacial score (nSPS) is 26.4. The van der Waals surface area contributed by atoms with E-state index in [9.17, 15) is 13.9 Å². The SMILES string of the molecule is C#Cc1c(F)ccc2cc(O)cc(-c3nc4c5c(nc(OC[C@@]67CCC[N+]6(C)C[C@H](F)C7)nc5c3F)N[C@@H](C)CO4)c12. The number of phenols is 1. The molecular formula is C31H29F3N5O3+. The number of hydrogen-bond acceptors (Lipinski definition) is 7. The summed E-state index contributed by atoms with van der Waals surface area (Å²) in [7, 11) is 2.06. The second-order valence-corrected chi connectivity index (χ2v) is 11.9. The van der Waals surface area contributed by atoms with Crippen molar-refractivity contribution in [1.29, 1.82) is 0 Å². The van der Waals surface area contributed by atoms with E-state index in [-0.39, 0.29) is 70.0 Å². The molecule has 8 nitrogen and oxygen atoms in total. The van der Waals surface area contributed by atoms with Crippen LogP contribution in [0.15, 0.2) is 24.3 Å². The molecule has 0 spiro atoms. The number of terminal acetylenes is 1. The summed E-state index contributed by atoms with van der Waals surface area (Å²) in [5, 5.41) is 14.6. The first-order chi connectivity index (χ1) is 20.1. The average molecular weight is 577 g/mol. The highest BCUT2D eigenvalue weighted by Gasteiger charge is 2.60. The van der Waals surface area contributed by atoms with Gasteiger partial charge >= 0.3 is 6.01 Å². The number of rotatable bonds is 4. The molecule has 0 bridgehead atoms. The molecule has 3 aliphatic rings. The van der Waals surface area contributed by atoms with Crippen molar-refractivity contribution < 1.29 is 32.2 Å². The zero-order chi connectivity index (χ0) is 29.4. The number of phenolic OH excluding ortho intramolecular Hbond substituents is 1. The summed E-state index contributed by atoms with van der Waals surface area (Å²) in [5.74, 6) is 1.03. The van der Waals surface area contributed by atoms with Gasteiger partial charge in [0.25, 0.3) is 0 Å². The highest BCUT2D eigenvalue weighted by atomic mass is 19.1. The fourth-order valence-electron chi connectivity index (χ4n) is 7.08. The van der Waals surface area contributed by atoms with Crippen molar-refractivity contribution in [1.82, 2.24) is 15.0 Å². The van der Waals surface area contributed by atoms with Gasteiger partial charge in [0.05, 0.1) is 25.2 Å². The summed E-state index contributed by atoms with van der Waals surface area (Å²) in [5.41, 5.74) is -0.748. The molecule has 0 radical (unpaired) electrons. The predicted molar refractivity (Wildman–Crippen MR) is 151 cm³/mol. The van der Waals surface area contributed by atoms with Gasteiger partial charge in [-0.25, -0.2) is 18.2 Å². The van der Waals surface area contributed by atoms with Crippen LogP contribution in [0, 0.1) is 24.0 Å². The maximum absolute atomic E-state index is 16.6. The minimum absolute atomic E-state index is 0.0626. The number of aromatic hydroxyl groups is 1. The number of hydrogen-bond donors (Lipinski definition) is 2. The van der Waals surface area contributed by atoms with Crippen molar-refractivity contribution in [2.75, 3.05) is 38.7 Å². The zero-order valence-corrected chi connectivity index (χ0v) is 23.2. The molecule has 11 heteroatoms. The molecule has 1 unspecified atom stereocenters. The van der Waals surface area contributed by atoms with Crippen LogP contribution in [0.2, 0.25) is 0 Å². The Labute approximate surface area is 240 Å². The third-order valence-electron chi connectivity index (χ3n) is 9.15. The van der Waals surface area contributed by atoms with E-state index in [1.54, 1.807) is 0 Å². The lowest BCUT2D eigenvalue weighted by Gasteiger charge is -2.39. The number of nitrogens with one attached hydrogen (secondary N) is 1. The molecule has 4 aromatic rings. The van der Waals surface area contributed by atoms with Crippen LogP contribution >= 0.6 is 0 Å². The number of aromatic nitrogens is 3. The van der Waals surface area contributed by atoms with E-state index >= 15 is 4.39 Å². The van der Waals surface area contributed by atoms with Gasteiger partial charge in [-0.15, -0.1) is 6.42 Å². The third-order valence-corrected chi connectivity index (χ3v) is 9.15. The summed E-state index contributed by atoms with van der Waals surface area (Å²) >= 11 is 0. The van der Waals surface area contributed by atoms with Crippen molar-refractivity contribution in [3.8, 4) is 41.2 Å². The van der Waals surface area contributed by atoms with Crippen LogP contribution in [0.1, 0.15) is 31.7 Å². The Bertz CT molecular complexity index is 1830. The highest BCUT2D eigenvalue weighted by molar-refractivity contribution is 6.04. The van der Waals surface area contributed by atoms with Crippen LogP contribution in [0.3, 0.4) is 0 Å². The Kier molecular flexibility index (Phi) is 5.92. The fraction of sp³-hybridized carbons (Fsp3) is 0.387. The third kappa shape index (κ3) is 3.92. The molecule has 42 heavy (non-hydrogen) atoms. The quantitative estimate of drug-likeness (QED) is 0.258.